The van der Waals surface area contributed by atoms with E-state index in [1.54, 1.807) is 13.3 Å². The van der Waals surface area contributed by atoms with Crippen LogP contribution < -0.4 is 5.44 Å². The van der Waals surface area contributed by atoms with E-state index in [2.05, 4.69) is 30.9 Å². The van der Waals surface area contributed by atoms with Gasteiger partial charge in [0, 0.05) is 11.8 Å². The molecule has 2 rings (SSSR count). The molecule has 1 aromatic heterocycles. The van der Waals surface area contributed by atoms with Crippen molar-refractivity contribution in [1.82, 2.24) is 9.78 Å². The van der Waals surface area contributed by atoms with Crippen LogP contribution in [-0.2, 0) is 16.5 Å². The molecule has 0 N–H and O–H groups in total. The number of fused-ring (bicyclic) bond motifs is 1. The van der Waals surface area contributed by atoms with Gasteiger partial charge in [0.1, 0.15) is 12.6 Å². The van der Waals surface area contributed by atoms with E-state index in [4.69, 9.17) is 0 Å². The summed E-state index contributed by atoms with van der Waals surface area (Å²) in [6.07, 6.45) is 1.87. The van der Waals surface area contributed by atoms with Crippen molar-refractivity contribution < 1.29 is 4.57 Å². The maximum atomic E-state index is 12.4. The molecule has 0 aliphatic carbocycles. The van der Waals surface area contributed by atoms with Gasteiger partial charge >= 0.3 is 0 Å². The van der Waals surface area contributed by atoms with Gasteiger partial charge in [0.15, 0.2) is 0 Å². The number of aliphatic imine (C=N–C) groups is 1. The van der Waals surface area contributed by atoms with E-state index in [1.165, 1.54) is 0 Å². The molecule has 0 amide bonds. The van der Waals surface area contributed by atoms with Gasteiger partial charge in [-0.2, -0.15) is 5.10 Å². The zero-order chi connectivity index (χ0) is 12.8. The summed E-state index contributed by atoms with van der Waals surface area (Å²) >= 11 is 0. The minimum atomic E-state index is -2.35. The molecule has 0 aromatic carbocycles. The SMILES string of the molecule is CC(C)(C)c1c(P(C)(C)=O)nn2c1C=NCC2. The Morgan fingerprint density at radius 3 is 2.53 bits per heavy atom. The molecule has 0 radical (unpaired) electrons. The van der Waals surface area contributed by atoms with Crippen LogP contribution in [-0.4, -0.2) is 35.9 Å². The van der Waals surface area contributed by atoms with Gasteiger partial charge in [0.2, 0.25) is 0 Å². The normalized spacial score (nSPS) is 16.1. The summed E-state index contributed by atoms with van der Waals surface area (Å²) in [5.74, 6) is 0. The summed E-state index contributed by atoms with van der Waals surface area (Å²) in [4.78, 5) is 4.31. The van der Waals surface area contributed by atoms with E-state index in [-0.39, 0.29) is 5.41 Å². The summed E-state index contributed by atoms with van der Waals surface area (Å²) < 4.78 is 14.3. The van der Waals surface area contributed by atoms with Gasteiger partial charge in [-0.3, -0.25) is 9.67 Å². The van der Waals surface area contributed by atoms with Gasteiger partial charge < -0.3 is 4.57 Å². The fourth-order valence-electron chi connectivity index (χ4n) is 2.16. The Morgan fingerprint density at radius 1 is 1.35 bits per heavy atom. The first kappa shape index (κ1) is 12.6. The maximum absolute atomic E-state index is 12.4. The highest BCUT2D eigenvalue weighted by atomic mass is 31.2. The topological polar surface area (TPSA) is 47.2 Å². The van der Waals surface area contributed by atoms with Gasteiger partial charge in [0.05, 0.1) is 18.8 Å². The molecule has 1 aliphatic rings. The third-order valence-electron chi connectivity index (χ3n) is 2.89. The molecule has 17 heavy (non-hydrogen) atoms. The molecule has 0 fully saturated rings. The van der Waals surface area contributed by atoms with Gasteiger partial charge in [-0.05, 0) is 18.7 Å². The Bertz CT molecular complexity index is 517. The van der Waals surface area contributed by atoms with E-state index >= 15 is 0 Å². The monoisotopic (exact) mass is 253 g/mol. The molecule has 5 heteroatoms. The smallest absolute Gasteiger partial charge is 0.129 e. The summed E-state index contributed by atoms with van der Waals surface area (Å²) in [7, 11) is -2.35. The van der Waals surface area contributed by atoms with Crippen LogP contribution in [0.5, 0.6) is 0 Å². The molecule has 0 bridgehead atoms. The minimum absolute atomic E-state index is 0.0616. The number of hydrogen-bond acceptors (Lipinski definition) is 3. The third-order valence-corrected chi connectivity index (χ3v) is 4.22. The van der Waals surface area contributed by atoms with E-state index in [0.717, 1.165) is 29.8 Å². The van der Waals surface area contributed by atoms with Crippen molar-refractivity contribution in [3.8, 4) is 0 Å². The summed E-state index contributed by atoms with van der Waals surface area (Å²) in [6.45, 7) is 11.5. The van der Waals surface area contributed by atoms with Crippen LogP contribution in [0.25, 0.3) is 0 Å². The standard InChI is InChI=1S/C12H20N3OP/c1-12(2,3)10-9-8-13-6-7-15(9)14-11(10)17(4,5)16/h8H,6-7H2,1-5H3. The van der Waals surface area contributed by atoms with Gasteiger partial charge in [-0.1, -0.05) is 20.8 Å². The van der Waals surface area contributed by atoms with Crippen LogP contribution in [0.1, 0.15) is 32.0 Å². The fraction of sp³-hybridized carbons (Fsp3) is 0.667. The fourth-order valence-corrected chi connectivity index (χ4v) is 3.48. The van der Waals surface area contributed by atoms with Crippen LogP contribution in [0.3, 0.4) is 0 Å². The van der Waals surface area contributed by atoms with Gasteiger partial charge in [-0.15, -0.1) is 0 Å². The van der Waals surface area contributed by atoms with Crippen molar-refractivity contribution in [2.45, 2.75) is 32.7 Å². The average Bonchev–Trinajstić information content (AvgIpc) is 2.54. The van der Waals surface area contributed by atoms with Crippen LogP contribution in [0.4, 0.5) is 0 Å². The zero-order valence-corrected chi connectivity index (χ0v) is 12.1. The number of aromatic nitrogens is 2. The molecule has 1 aromatic rings. The second-order valence-electron chi connectivity index (χ2n) is 5.94. The Labute approximate surface area is 103 Å². The summed E-state index contributed by atoms with van der Waals surface area (Å²) in [6, 6.07) is 0. The Balaban J connectivity index is 2.74. The van der Waals surface area contributed by atoms with Crippen molar-refractivity contribution in [2.24, 2.45) is 4.99 Å². The van der Waals surface area contributed by atoms with Crippen LogP contribution >= 0.6 is 7.14 Å². The van der Waals surface area contributed by atoms with E-state index in [1.807, 2.05) is 10.9 Å². The highest BCUT2D eigenvalue weighted by Crippen LogP contribution is 2.39. The predicted octanol–water partition coefficient (Wildman–Crippen LogP) is 1.86. The molecule has 0 saturated carbocycles. The molecule has 0 spiro atoms. The Hall–Kier alpha value is -0.890. The number of nitrogens with zero attached hydrogens (tertiary/aromatic N) is 3. The van der Waals surface area contributed by atoms with Crippen molar-refractivity contribution in [3.63, 3.8) is 0 Å². The number of hydrogen-bond donors (Lipinski definition) is 0. The van der Waals surface area contributed by atoms with Crippen LogP contribution in [0.2, 0.25) is 0 Å². The molecule has 94 valence electrons. The molecule has 0 atom stereocenters. The molecule has 1 aliphatic heterocycles. The minimum Gasteiger partial charge on any atom is -0.318 e. The lowest BCUT2D eigenvalue weighted by Gasteiger charge is -2.21. The van der Waals surface area contributed by atoms with Crippen LogP contribution in [0.15, 0.2) is 4.99 Å². The molecular formula is C12H20N3OP. The second-order valence-corrected chi connectivity index (χ2v) is 9.07. The highest BCUT2D eigenvalue weighted by molar-refractivity contribution is 7.70. The zero-order valence-electron chi connectivity index (χ0n) is 11.2. The first-order chi connectivity index (χ1) is 7.71. The van der Waals surface area contributed by atoms with Crippen molar-refractivity contribution in [1.29, 1.82) is 0 Å². The molecular weight excluding hydrogens is 233 g/mol. The largest absolute Gasteiger partial charge is 0.318 e. The Morgan fingerprint density at radius 2 is 2.00 bits per heavy atom. The van der Waals surface area contributed by atoms with E-state index in [0.29, 0.717) is 0 Å². The molecule has 0 unspecified atom stereocenters. The number of rotatable bonds is 1. The summed E-state index contributed by atoms with van der Waals surface area (Å²) in [5.41, 5.74) is 2.83. The van der Waals surface area contributed by atoms with Crippen molar-refractivity contribution in [2.75, 3.05) is 19.9 Å². The first-order valence-electron chi connectivity index (χ1n) is 5.88. The first-order valence-corrected chi connectivity index (χ1v) is 8.48. The van der Waals surface area contributed by atoms with Crippen molar-refractivity contribution in [3.05, 3.63) is 11.3 Å². The quantitative estimate of drug-likeness (QED) is 0.717. The second kappa shape index (κ2) is 3.81. The Kier molecular flexibility index (Phi) is 2.81. The van der Waals surface area contributed by atoms with Crippen LogP contribution in [0, 0.1) is 0 Å². The van der Waals surface area contributed by atoms with E-state index in [9.17, 15) is 4.57 Å². The highest BCUT2D eigenvalue weighted by Gasteiger charge is 2.32. The van der Waals surface area contributed by atoms with Gasteiger partial charge in [-0.25, -0.2) is 0 Å². The van der Waals surface area contributed by atoms with Crippen molar-refractivity contribution >= 4 is 18.8 Å². The molecule has 2 heterocycles. The third kappa shape index (κ3) is 2.23. The lowest BCUT2D eigenvalue weighted by Crippen LogP contribution is -2.23. The predicted molar refractivity (Wildman–Crippen MR) is 72.5 cm³/mol. The lowest BCUT2D eigenvalue weighted by molar-refractivity contribution is 0.576. The molecule has 0 saturated heterocycles. The molecule has 4 nitrogen and oxygen atoms in total. The van der Waals surface area contributed by atoms with Gasteiger partial charge in [0.25, 0.3) is 0 Å². The lowest BCUT2D eigenvalue weighted by atomic mass is 9.87. The average molecular weight is 253 g/mol. The summed E-state index contributed by atoms with van der Waals surface area (Å²) in [5, 5.41) is 4.55. The van der Waals surface area contributed by atoms with E-state index < -0.39 is 7.14 Å². The maximum Gasteiger partial charge on any atom is 0.129 e.